The molecule has 0 aliphatic carbocycles. The van der Waals surface area contributed by atoms with Crippen molar-refractivity contribution in [2.75, 3.05) is 12.4 Å². The van der Waals surface area contributed by atoms with E-state index >= 15 is 0 Å². The Bertz CT molecular complexity index is 933. The number of nitrogens with one attached hydrogen (secondary N) is 1. The highest BCUT2D eigenvalue weighted by atomic mass is 19.1. The number of methoxy groups -OCH3 is 1. The van der Waals surface area contributed by atoms with Crippen molar-refractivity contribution >= 4 is 16.9 Å². The van der Waals surface area contributed by atoms with Gasteiger partial charge in [-0.1, -0.05) is 0 Å². The van der Waals surface area contributed by atoms with Crippen molar-refractivity contribution in [3.8, 4) is 11.8 Å². The number of hydrogen-bond acceptors (Lipinski definition) is 6. The molecule has 0 saturated heterocycles. The van der Waals surface area contributed by atoms with Crippen molar-refractivity contribution in [3.63, 3.8) is 0 Å². The van der Waals surface area contributed by atoms with E-state index in [0.29, 0.717) is 35.7 Å². The highest BCUT2D eigenvalue weighted by molar-refractivity contribution is 5.86. The summed E-state index contributed by atoms with van der Waals surface area (Å²) >= 11 is 0. The number of benzene rings is 1. The van der Waals surface area contributed by atoms with Crippen LogP contribution in [0, 0.1) is 17.1 Å². The van der Waals surface area contributed by atoms with Crippen molar-refractivity contribution in [2.45, 2.75) is 25.9 Å². The molecule has 0 radical (unpaired) electrons. The topological polar surface area (TPSA) is 88.7 Å². The van der Waals surface area contributed by atoms with Crippen molar-refractivity contribution in [3.05, 3.63) is 42.1 Å². The fourth-order valence-corrected chi connectivity index (χ4v) is 2.65. The molecule has 0 aliphatic heterocycles. The van der Waals surface area contributed by atoms with Gasteiger partial charge in [0.15, 0.2) is 5.65 Å². The second-order valence-corrected chi connectivity index (χ2v) is 5.49. The zero-order valence-electron chi connectivity index (χ0n) is 13.9. The minimum Gasteiger partial charge on any atom is -0.496 e. The molecular weight excluding hydrogens is 323 g/mol. The van der Waals surface area contributed by atoms with Gasteiger partial charge in [-0.05, 0) is 25.1 Å². The lowest BCUT2D eigenvalue weighted by molar-refractivity contribution is 0.406. The zero-order chi connectivity index (χ0) is 17.8. The van der Waals surface area contributed by atoms with Gasteiger partial charge >= 0.3 is 0 Å². The Morgan fingerprint density at radius 3 is 3.00 bits per heavy atom. The largest absolute Gasteiger partial charge is 0.496 e. The molecule has 0 spiro atoms. The lowest BCUT2D eigenvalue weighted by atomic mass is 10.1. The number of fused-ring (bicyclic) bond motifs is 1. The SMILES string of the molecule is COc1ccc(F)cc1[C@@H](C)Nc1ncnc2c1cnn2CCC#N. The molecule has 2 heterocycles. The standard InChI is InChI=1S/C17H17FN6O/c1-11(13-8-12(18)4-5-15(13)25-2)23-16-14-9-22-24(7-3-6-19)17(14)21-10-20-16/h4-5,8-11H,3,7H2,1-2H3,(H,20,21,23)/t11-/m1/s1. The summed E-state index contributed by atoms with van der Waals surface area (Å²) < 4.78 is 20.6. The fraction of sp³-hybridized carbons (Fsp3) is 0.294. The van der Waals surface area contributed by atoms with E-state index < -0.39 is 0 Å². The van der Waals surface area contributed by atoms with Crippen LogP contribution in [0.3, 0.4) is 0 Å². The number of anilines is 1. The van der Waals surface area contributed by atoms with Crippen LogP contribution in [-0.2, 0) is 6.54 Å². The van der Waals surface area contributed by atoms with E-state index in [0.717, 1.165) is 5.39 Å². The molecule has 1 atom stereocenters. The second-order valence-electron chi connectivity index (χ2n) is 5.49. The first kappa shape index (κ1) is 16.6. The highest BCUT2D eigenvalue weighted by Crippen LogP contribution is 2.29. The molecule has 0 aliphatic rings. The number of rotatable bonds is 6. The summed E-state index contributed by atoms with van der Waals surface area (Å²) in [6.45, 7) is 2.36. The molecule has 0 saturated carbocycles. The van der Waals surface area contributed by atoms with E-state index in [9.17, 15) is 4.39 Å². The number of aryl methyl sites for hydroxylation is 1. The molecule has 0 fully saturated rings. The van der Waals surface area contributed by atoms with E-state index in [4.69, 9.17) is 10.00 Å². The first-order valence-corrected chi connectivity index (χ1v) is 7.77. The van der Waals surface area contributed by atoms with Crippen LogP contribution in [0.15, 0.2) is 30.7 Å². The lowest BCUT2D eigenvalue weighted by Crippen LogP contribution is -2.10. The first-order valence-electron chi connectivity index (χ1n) is 7.77. The van der Waals surface area contributed by atoms with E-state index in [-0.39, 0.29) is 11.9 Å². The average Bonchev–Trinajstić information content (AvgIpc) is 3.04. The number of ether oxygens (including phenoxy) is 1. The third-order valence-electron chi connectivity index (χ3n) is 3.88. The third kappa shape index (κ3) is 3.35. The maximum Gasteiger partial charge on any atom is 0.163 e. The van der Waals surface area contributed by atoms with Crippen LogP contribution in [0.2, 0.25) is 0 Å². The van der Waals surface area contributed by atoms with Crippen molar-refractivity contribution in [2.24, 2.45) is 0 Å². The maximum absolute atomic E-state index is 13.6. The van der Waals surface area contributed by atoms with Crippen LogP contribution in [0.4, 0.5) is 10.2 Å². The number of halogens is 1. The molecule has 3 rings (SSSR count). The van der Waals surface area contributed by atoms with E-state index in [2.05, 4.69) is 26.5 Å². The monoisotopic (exact) mass is 340 g/mol. The minimum absolute atomic E-state index is 0.244. The molecular formula is C17H17FN6O. The number of nitrogens with zero attached hydrogens (tertiary/aromatic N) is 5. The summed E-state index contributed by atoms with van der Waals surface area (Å²) in [7, 11) is 1.55. The summed E-state index contributed by atoms with van der Waals surface area (Å²) in [5.74, 6) is 0.852. The summed E-state index contributed by atoms with van der Waals surface area (Å²) in [4.78, 5) is 8.51. The quantitative estimate of drug-likeness (QED) is 0.742. The van der Waals surface area contributed by atoms with Gasteiger partial charge in [-0.15, -0.1) is 0 Å². The Labute approximate surface area is 144 Å². The lowest BCUT2D eigenvalue weighted by Gasteiger charge is -2.18. The molecule has 1 N–H and O–H groups in total. The van der Waals surface area contributed by atoms with Gasteiger partial charge in [-0.25, -0.2) is 19.0 Å². The van der Waals surface area contributed by atoms with Gasteiger partial charge in [0, 0.05) is 5.56 Å². The van der Waals surface area contributed by atoms with Crippen LogP contribution in [0.1, 0.15) is 24.9 Å². The smallest absolute Gasteiger partial charge is 0.163 e. The maximum atomic E-state index is 13.6. The third-order valence-corrected chi connectivity index (χ3v) is 3.88. The van der Waals surface area contributed by atoms with E-state index in [1.165, 1.54) is 18.5 Å². The van der Waals surface area contributed by atoms with Gasteiger partial charge in [-0.2, -0.15) is 10.4 Å². The van der Waals surface area contributed by atoms with Crippen LogP contribution in [0.25, 0.3) is 11.0 Å². The predicted molar refractivity (Wildman–Crippen MR) is 90.5 cm³/mol. The molecule has 8 heteroatoms. The van der Waals surface area contributed by atoms with Crippen molar-refractivity contribution in [1.29, 1.82) is 5.26 Å². The predicted octanol–water partition coefficient (Wildman–Crippen LogP) is 3.06. The highest BCUT2D eigenvalue weighted by Gasteiger charge is 2.16. The Kier molecular flexibility index (Phi) is 4.75. The molecule has 0 bridgehead atoms. The normalized spacial score (nSPS) is 11.9. The average molecular weight is 340 g/mol. The Balaban J connectivity index is 1.92. The summed E-state index contributed by atoms with van der Waals surface area (Å²) in [5.41, 5.74) is 1.33. The van der Waals surface area contributed by atoms with Gasteiger partial charge < -0.3 is 10.1 Å². The molecule has 1 aromatic carbocycles. The van der Waals surface area contributed by atoms with Gasteiger partial charge in [0.1, 0.15) is 23.7 Å². The van der Waals surface area contributed by atoms with E-state index in [1.54, 1.807) is 24.1 Å². The molecule has 3 aromatic rings. The second kappa shape index (κ2) is 7.13. The Hall–Kier alpha value is -3.21. The molecule has 2 aromatic heterocycles. The molecule has 25 heavy (non-hydrogen) atoms. The number of hydrogen-bond donors (Lipinski definition) is 1. The summed E-state index contributed by atoms with van der Waals surface area (Å²) in [5, 5.41) is 17.0. The molecule has 0 amide bonds. The van der Waals surface area contributed by atoms with Crippen LogP contribution in [0.5, 0.6) is 5.75 Å². The molecule has 128 valence electrons. The van der Waals surface area contributed by atoms with Crippen LogP contribution < -0.4 is 10.1 Å². The molecule has 7 nitrogen and oxygen atoms in total. The van der Waals surface area contributed by atoms with Crippen molar-refractivity contribution < 1.29 is 9.13 Å². The van der Waals surface area contributed by atoms with E-state index in [1.807, 2.05) is 6.92 Å². The Morgan fingerprint density at radius 2 is 2.24 bits per heavy atom. The van der Waals surface area contributed by atoms with Crippen LogP contribution >= 0.6 is 0 Å². The van der Waals surface area contributed by atoms with Gasteiger partial charge in [0.2, 0.25) is 0 Å². The number of nitriles is 1. The molecule has 0 unspecified atom stereocenters. The van der Waals surface area contributed by atoms with Crippen LogP contribution in [-0.4, -0.2) is 26.9 Å². The Morgan fingerprint density at radius 1 is 1.40 bits per heavy atom. The van der Waals surface area contributed by atoms with Gasteiger partial charge in [0.05, 0.1) is 43.8 Å². The summed E-state index contributed by atoms with van der Waals surface area (Å²) in [6.07, 6.45) is 3.44. The first-order chi connectivity index (χ1) is 12.1. The number of aromatic nitrogens is 4. The van der Waals surface area contributed by atoms with Gasteiger partial charge in [-0.3, -0.25) is 0 Å². The zero-order valence-corrected chi connectivity index (χ0v) is 13.9. The van der Waals surface area contributed by atoms with Crippen molar-refractivity contribution in [1.82, 2.24) is 19.7 Å². The van der Waals surface area contributed by atoms with Gasteiger partial charge in [0.25, 0.3) is 0 Å². The summed E-state index contributed by atoms with van der Waals surface area (Å²) in [6, 6.07) is 6.23. The minimum atomic E-state index is -0.332. The fourth-order valence-electron chi connectivity index (χ4n) is 2.65.